The number of fused-ring (bicyclic) bond motifs is 16. The topological polar surface area (TPSA) is 7.76 Å². The van der Waals surface area contributed by atoms with Gasteiger partial charge in [-0.2, -0.15) is 9.13 Å². The number of aryl methyl sites for hydroxylation is 2. The van der Waals surface area contributed by atoms with E-state index in [1.807, 2.05) is 96.9 Å². The van der Waals surface area contributed by atoms with Gasteiger partial charge >= 0.3 is 0 Å². The van der Waals surface area contributed by atoms with E-state index in [1.54, 1.807) is 16.7 Å². The lowest BCUT2D eigenvalue weighted by Gasteiger charge is -2.39. The fourth-order valence-electron chi connectivity index (χ4n) is 13.6. The summed E-state index contributed by atoms with van der Waals surface area (Å²) in [7, 11) is 0. The fraction of sp³-hybridized carbons (Fsp3) is 0.378. The quantitative estimate of drug-likeness (QED) is 0.134. The molecule has 0 saturated carbocycles. The summed E-state index contributed by atoms with van der Waals surface area (Å²) in [6.45, 7) is 42.1. The number of pyridine rings is 2. The number of aromatic nitrogens is 2. The summed E-state index contributed by atoms with van der Waals surface area (Å²) < 4.78 is 5.20. The normalized spacial score (nSPS) is 15.6. The Morgan fingerprint density at radius 1 is 0.342 bits per heavy atom. The monoisotopic (exact) mass is 1010 g/mol. The highest BCUT2D eigenvalue weighted by Crippen LogP contribution is 2.53. The van der Waals surface area contributed by atoms with E-state index in [9.17, 15) is 0 Å². The van der Waals surface area contributed by atoms with Crippen molar-refractivity contribution in [1.29, 1.82) is 0 Å². The van der Waals surface area contributed by atoms with E-state index in [4.69, 9.17) is 0 Å². The minimum atomic E-state index is -0.0832. The minimum Gasteiger partial charge on any atom is -0.192 e. The highest BCUT2D eigenvalue weighted by molar-refractivity contribution is 5.82. The molecule has 4 heterocycles. The molecule has 2 aromatic heterocycles. The van der Waals surface area contributed by atoms with Gasteiger partial charge in [-0.05, 0) is 116 Å². The lowest BCUT2D eigenvalue weighted by atomic mass is 9.68. The van der Waals surface area contributed by atoms with Gasteiger partial charge in [0.15, 0.2) is 34.9 Å². The number of benzene rings is 6. The van der Waals surface area contributed by atoms with Crippen molar-refractivity contribution in [3.05, 3.63) is 246 Å². The van der Waals surface area contributed by atoms with Crippen molar-refractivity contribution in [2.75, 3.05) is 0 Å². The highest BCUT2D eigenvalue weighted by atomic mass is 15.1. The van der Waals surface area contributed by atoms with Crippen LogP contribution in [0.4, 0.5) is 0 Å². The SMILES string of the molecule is CC.CC.CC.CC.CC.CC.CC.Cc1cccc2c1C(C)(C)[n+]1cc3c(c4c1C2c1ccccc1C4)Cc1ccccc1-3.Cc1cccc2c1C(C)(C)[n+]1cccc3c1C2c1ccc2c(c1C3)-c1ccccc1C2. The molecule has 2 aliphatic heterocycles. The average Bonchev–Trinajstić information content (AvgIpc) is 4.07. The van der Waals surface area contributed by atoms with Crippen molar-refractivity contribution in [2.24, 2.45) is 0 Å². The zero-order valence-electron chi connectivity index (χ0n) is 50.7. The molecule has 0 saturated heterocycles. The Morgan fingerprint density at radius 3 is 1.41 bits per heavy atom. The molecular weight excluding hydrogens is 917 g/mol. The third kappa shape index (κ3) is 9.51. The van der Waals surface area contributed by atoms with Crippen LogP contribution in [0.25, 0.3) is 22.3 Å². The third-order valence-corrected chi connectivity index (χ3v) is 16.0. The zero-order chi connectivity index (χ0) is 55.8. The van der Waals surface area contributed by atoms with Crippen LogP contribution in [0.1, 0.15) is 237 Å². The van der Waals surface area contributed by atoms with Crippen LogP contribution >= 0.6 is 0 Å². The first-order valence-electron chi connectivity index (χ1n) is 29.8. The van der Waals surface area contributed by atoms with Gasteiger partial charge in [0.25, 0.3) is 0 Å². The summed E-state index contributed by atoms with van der Waals surface area (Å²) >= 11 is 0. The van der Waals surface area contributed by atoms with Crippen LogP contribution in [0.5, 0.6) is 0 Å². The standard InChI is InChI=1S/2C30H26N.7C2H6/c1-18-9-8-14-23-27-22-13-7-5-11-20(22)16-25-24-15-19-10-4-6-12-21(19)26(24)17-31(29(25)27)30(2,3)28(18)23;1-18-8-6-12-24-27-23-14-13-20-16-19-9-4-5-11-22(19)26(20)25(23)17-21-10-7-15-31(29(21)27)30(2,3)28(18)24;7*1-2/h4-14,17,27H,15-16H2,1-3H3;4-15,27H,16-17H2,1-3H3;7*1-2H3/q2*+1;;;;;;;. The van der Waals surface area contributed by atoms with Crippen molar-refractivity contribution in [1.82, 2.24) is 0 Å². The molecule has 2 heteroatoms. The van der Waals surface area contributed by atoms with E-state index in [2.05, 4.69) is 197 Å². The van der Waals surface area contributed by atoms with E-state index >= 15 is 0 Å². The number of hydrogen-bond acceptors (Lipinski definition) is 0. The van der Waals surface area contributed by atoms with Gasteiger partial charge in [-0.3, -0.25) is 0 Å². The average molecular weight is 1010 g/mol. The molecule has 8 aromatic rings. The lowest BCUT2D eigenvalue weighted by Crippen LogP contribution is -2.60. The van der Waals surface area contributed by atoms with Crippen molar-refractivity contribution in [3.63, 3.8) is 0 Å². The Labute approximate surface area is 462 Å². The van der Waals surface area contributed by atoms with Crippen LogP contribution in [-0.4, -0.2) is 0 Å². The van der Waals surface area contributed by atoms with E-state index in [0.29, 0.717) is 11.8 Å². The Morgan fingerprint density at radius 2 is 0.803 bits per heavy atom. The second kappa shape index (κ2) is 25.2. The highest BCUT2D eigenvalue weighted by Gasteiger charge is 2.52. The van der Waals surface area contributed by atoms with Gasteiger partial charge in [0.2, 0.25) is 0 Å². The molecule has 398 valence electrons. The first kappa shape index (κ1) is 58.9. The Balaban J connectivity index is 0.000000201. The second-order valence-electron chi connectivity index (χ2n) is 20.0. The molecular formula is C74H94N2+2. The summed E-state index contributed by atoms with van der Waals surface area (Å²) in [5.41, 5.74) is 32.5. The van der Waals surface area contributed by atoms with Crippen LogP contribution in [0.15, 0.2) is 146 Å². The second-order valence-corrected chi connectivity index (χ2v) is 20.0. The molecule has 4 aliphatic carbocycles. The molecule has 6 aromatic carbocycles. The van der Waals surface area contributed by atoms with E-state index < -0.39 is 0 Å². The Kier molecular flexibility index (Phi) is 19.5. The van der Waals surface area contributed by atoms with Crippen LogP contribution in [0.3, 0.4) is 0 Å². The molecule has 0 radical (unpaired) electrons. The molecule has 6 aliphatic rings. The molecule has 2 unspecified atom stereocenters. The van der Waals surface area contributed by atoms with Crippen molar-refractivity contribution in [2.45, 2.75) is 187 Å². The molecule has 0 N–H and O–H groups in total. The van der Waals surface area contributed by atoms with Gasteiger partial charge in [-0.25, -0.2) is 0 Å². The van der Waals surface area contributed by atoms with Gasteiger partial charge in [-0.15, -0.1) is 0 Å². The van der Waals surface area contributed by atoms with Gasteiger partial charge < -0.3 is 0 Å². The molecule has 76 heavy (non-hydrogen) atoms. The Hall–Kier alpha value is -6.38. The molecule has 0 fully saturated rings. The minimum absolute atomic E-state index is 0.0522. The van der Waals surface area contributed by atoms with Crippen molar-refractivity contribution >= 4 is 0 Å². The summed E-state index contributed by atoms with van der Waals surface area (Å²) in [5.74, 6) is 0.623. The maximum absolute atomic E-state index is 2.64. The summed E-state index contributed by atoms with van der Waals surface area (Å²) in [6.07, 6.45) is 8.97. The first-order valence-corrected chi connectivity index (χ1v) is 29.8. The zero-order valence-corrected chi connectivity index (χ0v) is 50.7. The van der Waals surface area contributed by atoms with Crippen LogP contribution in [-0.2, 0) is 36.8 Å². The maximum atomic E-state index is 2.64. The van der Waals surface area contributed by atoms with Gasteiger partial charge in [0.05, 0.1) is 11.8 Å². The molecule has 14 rings (SSSR count). The number of rotatable bonds is 0. The summed E-state index contributed by atoms with van der Waals surface area (Å²) in [6, 6.07) is 50.4. The van der Waals surface area contributed by atoms with Gasteiger partial charge in [0, 0.05) is 74.4 Å². The van der Waals surface area contributed by atoms with Gasteiger partial charge in [-0.1, -0.05) is 218 Å². The summed E-state index contributed by atoms with van der Waals surface area (Å²) in [5, 5.41) is 0. The first-order chi connectivity index (χ1) is 37.1. The maximum Gasteiger partial charge on any atom is 0.197 e. The van der Waals surface area contributed by atoms with Crippen molar-refractivity contribution < 1.29 is 9.13 Å². The third-order valence-electron chi connectivity index (χ3n) is 16.0. The predicted octanol–water partition coefficient (Wildman–Crippen LogP) is 19.3. The van der Waals surface area contributed by atoms with Crippen molar-refractivity contribution in [3.8, 4) is 22.3 Å². The molecule has 0 bridgehead atoms. The fourth-order valence-corrected chi connectivity index (χ4v) is 13.6. The van der Waals surface area contributed by atoms with E-state index in [0.717, 1.165) is 25.7 Å². The summed E-state index contributed by atoms with van der Waals surface area (Å²) in [4.78, 5) is 0. The number of nitrogens with zero attached hydrogens (tertiary/aromatic N) is 2. The van der Waals surface area contributed by atoms with Crippen LogP contribution in [0, 0.1) is 13.8 Å². The lowest BCUT2D eigenvalue weighted by molar-refractivity contribution is -0.757. The number of hydrogen-bond donors (Lipinski definition) is 0. The molecule has 0 amide bonds. The smallest absolute Gasteiger partial charge is 0.192 e. The molecule has 2 atom stereocenters. The van der Waals surface area contributed by atoms with Crippen LogP contribution in [0.2, 0.25) is 0 Å². The Bertz CT molecular complexity index is 3290. The largest absolute Gasteiger partial charge is 0.197 e. The van der Waals surface area contributed by atoms with Gasteiger partial charge in [0.1, 0.15) is 0 Å². The molecule has 2 nitrogen and oxygen atoms in total. The van der Waals surface area contributed by atoms with E-state index in [-0.39, 0.29) is 11.1 Å². The van der Waals surface area contributed by atoms with E-state index in [1.165, 1.54) is 106 Å². The van der Waals surface area contributed by atoms with Crippen LogP contribution < -0.4 is 9.13 Å². The molecule has 0 spiro atoms. The predicted molar refractivity (Wildman–Crippen MR) is 329 cm³/mol.